The number of hydrogen-bond acceptors (Lipinski definition) is 2. The Labute approximate surface area is 115 Å². The first-order valence-corrected chi connectivity index (χ1v) is 6.18. The molecule has 1 aromatic carbocycles. The summed E-state index contributed by atoms with van der Waals surface area (Å²) in [6, 6.07) is 11.0. The minimum Gasteiger partial charge on any atom is -0.352 e. The molecule has 19 heavy (non-hydrogen) atoms. The van der Waals surface area contributed by atoms with Gasteiger partial charge < -0.3 is 5.32 Å². The smallest absolute Gasteiger partial charge is 0.254 e. The lowest BCUT2D eigenvalue weighted by Gasteiger charge is -2.06. The number of carbonyl (C=O) groups is 1. The van der Waals surface area contributed by atoms with E-state index >= 15 is 0 Å². The SMILES string of the molecule is O=C(NCCc1ccccc1)c1ccnc(Cl)c1F. The molecule has 1 N–H and O–H groups in total. The molecule has 3 nitrogen and oxygen atoms in total. The highest BCUT2D eigenvalue weighted by molar-refractivity contribution is 6.29. The molecular weight excluding hydrogens is 267 g/mol. The Kier molecular flexibility index (Phi) is 4.47. The van der Waals surface area contributed by atoms with Gasteiger partial charge in [0.15, 0.2) is 11.0 Å². The fraction of sp³-hybridized carbons (Fsp3) is 0.143. The van der Waals surface area contributed by atoms with E-state index in [2.05, 4.69) is 10.3 Å². The third-order valence-corrected chi connectivity index (χ3v) is 2.90. The van der Waals surface area contributed by atoms with Gasteiger partial charge in [0.2, 0.25) is 0 Å². The quantitative estimate of drug-likeness (QED) is 0.874. The van der Waals surface area contributed by atoms with Crippen LogP contribution in [0.3, 0.4) is 0 Å². The minimum absolute atomic E-state index is 0.0898. The Morgan fingerprint density at radius 3 is 2.74 bits per heavy atom. The summed E-state index contributed by atoms with van der Waals surface area (Å²) < 4.78 is 13.5. The van der Waals surface area contributed by atoms with Gasteiger partial charge in [0.25, 0.3) is 5.91 Å². The number of hydrogen-bond donors (Lipinski definition) is 1. The van der Waals surface area contributed by atoms with Crippen molar-refractivity contribution in [1.82, 2.24) is 10.3 Å². The molecule has 0 aliphatic carbocycles. The van der Waals surface area contributed by atoms with Crippen molar-refractivity contribution in [2.24, 2.45) is 0 Å². The van der Waals surface area contributed by atoms with Gasteiger partial charge in [0.05, 0.1) is 5.56 Å². The van der Waals surface area contributed by atoms with Crippen molar-refractivity contribution in [3.05, 3.63) is 64.7 Å². The summed E-state index contributed by atoms with van der Waals surface area (Å²) in [4.78, 5) is 15.3. The lowest BCUT2D eigenvalue weighted by atomic mass is 10.1. The van der Waals surface area contributed by atoms with Crippen molar-refractivity contribution >= 4 is 17.5 Å². The first-order valence-electron chi connectivity index (χ1n) is 5.80. The second-order valence-electron chi connectivity index (χ2n) is 3.95. The average molecular weight is 279 g/mol. The van der Waals surface area contributed by atoms with Crippen LogP contribution in [0, 0.1) is 5.82 Å². The Balaban J connectivity index is 1.93. The third-order valence-electron chi connectivity index (χ3n) is 2.63. The molecule has 0 saturated carbocycles. The number of carbonyl (C=O) groups excluding carboxylic acids is 1. The van der Waals surface area contributed by atoms with Gasteiger partial charge in [-0.3, -0.25) is 4.79 Å². The van der Waals surface area contributed by atoms with E-state index in [0.717, 1.165) is 5.56 Å². The predicted octanol–water partition coefficient (Wildman–Crippen LogP) is 2.85. The van der Waals surface area contributed by atoms with E-state index in [-0.39, 0.29) is 10.7 Å². The molecule has 2 rings (SSSR count). The number of benzene rings is 1. The third kappa shape index (κ3) is 3.51. The van der Waals surface area contributed by atoms with Gasteiger partial charge in [-0.2, -0.15) is 0 Å². The molecule has 98 valence electrons. The van der Waals surface area contributed by atoms with E-state index in [4.69, 9.17) is 11.6 Å². The van der Waals surface area contributed by atoms with Crippen LogP contribution in [0.25, 0.3) is 0 Å². The second kappa shape index (κ2) is 6.29. The van der Waals surface area contributed by atoms with Crippen LogP contribution < -0.4 is 5.32 Å². The number of rotatable bonds is 4. The highest BCUT2D eigenvalue weighted by Crippen LogP contribution is 2.14. The van der Waals surface area contributed by atoms with Crippen molar-refractivity contribution in [2.75, 3.05) is 6.54 Å². The van der Waals surface area contributed by atoms with Crippen molar-refractivity contribution in [2.45, 2.75) is 6.42 Å². The molecule has 0 spiro atoms. The highest BCUT2D eigenvalue weighted by Gasteiger charge is 2.14. The highest BCUT2D eigenvalue weighted by atomic mass is 35.5. The monoisotopic (exact) mass is 278 g/mol. The van der Waals surface area contributed by atoms with Gasteiger partial charge in [0.1, 0.15) is 0 Å². The van der Waals surface area contributed by atoms with Crippen LogP contribution in [-0.4, -0.2) is 17.4 Å². The van der Waals surface area contributed by atoms with Gasteiger partial charge in [-0.05, 0) is 18.1 Å². The molecule has 1 aromatic heterocycles. The molecular formula is C14H12ClFN2O. The molecule has 0 radical (unpaired) electrons. The van der Waals surface area contributed by atoms with Crippen LogP contribution in [0.1, 0.15) is 15.9 Å². The zero-order chi connectivity index (χ0) is 13.7. The number of pyridine rings is 1. The van der Waals surface area contributed by atoms with Crippen molar-refractivity contribution < 1.29 is 9.18 Å². The fourth-order valence-electron chi connectivity index (χ4n) is 1.65. The summed E-state index contributed by atoms with van der Waals surface area (Å²) in [7, 11) is 0. The van der Waals surface area contributed by atoms with Crippen molar-refractivity contribution in [1.29, 1.82) is 0 Å². The summed E-state index contributed by atoms with van der Waals surface area (Å²) >= 11 is 5.52. The van der Waals surface area contributed by atoms with Crippen LogP contribution in [-0.2, 0) is 6.42 Å². The summed E-state index contributed by atoms with van der Waals surface area (Å²) in [5.74, 6) is -1.28. The maximum absolute atomic E-state index is 13.5. The fourth-order valence-corrected chi connectivity index (χ4v) is 1.81. The van der Waals surface area contributed by atoms with E-state index in [0.29, 0.717) is 13.0 Å². The van der Waals surface area contributed by atoms with E-state index in [9.17, 15) is 9.18 Å². The molecule has 0 aliphatic rings. The average Bonchev–Trinajstić information content (AvgIpc) is 2.43. The molecule has 0 atom stereocenters. The van der Waals surface area contributed by atoms with Crippen molar-refractivity contribution in [3.63, 3.8) is 0 Å². The molecule has 0 fully saturated rings. The molecule has 2 aromatic rings. The van der Waals surface area contributed by atoms with Gasteiger partial charge in [-0.1, -0.05) is 41.9 Å². The molecule has 0 bridgehead atoms. The molecule has 0 aliphatic heterocycles. The van der Waals surface area contributed by atoms with Crippen LogP contribution in [0.15, 0.2) is 42.6 Å². The summed E-state index contributed by atoms with van der Waals surface area (Å²) in [5, 5.41) is 2.35. The Bertz CT molecular complexity index is 575. The van der Waals surface area contributed by atoms with Gasteiger partial charge in [0, 0.05) is 12.7 Å². The van der Waals surface area contributed by atoms with Crippen LogP contribution in [0.4, 0.5) is 4.39 Å². The lowest BCUT2D eigenvalue weighted by Crippen LogP contribution is -2.26. The summed E-state index contributed by atoms with van der Waals surface area (Å²) in [6.45, 7) is 0.433. The molecule has 0 saturated heterocycles. The Morgan fingerprint density at radius 2 is 2.00 bits per heavy atom. The minimum atomic E-state index is -0.790. The van der Waals surface area contributed by atoms with E-state index in [1.54, 1.807) is 0 Å². The molecule has 1 heterocycles. The molecule has 1 amide bonds. The lowest BCUT2D eigenvalue weighted by molar-refractivity contribution is 0.0950. The number of nitrogens with zero attached hydrogens (tertiary/aromatic N) is 1. The van der Waals surface area contributed by atoms with Gasteiger partial charge >= 0.3 is 0 Å². The van der Waals surface area contributed by atoms with Crippen LogP contribution >= 0.6 is 11.6 Å². The number of aromatic nitrogens is 1. The standard InChI is InChI=1S/C14H12ClFN2O/c15-13-12(16)11(7-9-17-13)14(19)18-8-6-10-4-2-1-3-5-10/h1-5,7,9H,6,8H2,(H,18,19). The molecule has 0 unspecified atom stereocenters. The van der Waals surface area contributed by atoms with Crippen LogP contribution in [0.5, 0.6) is 0 Å². The van der Waals surface area contributed by atoms with Crippen molar-refractivity contribution in [3.8, 4) is 0 Å². The number of amides is 1. The summed E-state index contributed by atoms with van der Waals surface area (Å²) in [6.07, 6.45) is 1.99. The number of halogens is 2. The van der Waals surface area contributed by atoms with Gasteiger partial charge in [-0.15, -0.1) is 0 Å². The Morgan fingerprint density at radius 1 is 1.26 bits per heavy atom. The first-order chi connectivity index (χ1) is 9.18. The van der Waals surface area contributed by atoms with Crippen LogP contribution in [0.2, 0.25) is 5.15 Å². The van der Waals surface area contributed by atoms with Gasteiger partial charge in [-0.25, -0.2) is 9.37 Å². The summed E-state index contributed by atoms with van der Waals surface area (Å²) in [5.41, 5.74) is 1.02. The first kappa shape index (κ1) is 13.5. The predicted molar refractivity (Wildman–Crippen MR) is 71.7 cm³/mol. The maximum atomic E-state index is 13.5. The van der Waals surface area contributed by atoms with E-state index < -0.39 is 11.7 Å². The zero-order valence-electron chi connectivity index (χ0n) is 10.1. The molecule has 5 heteroatoms. The number of nitrogens with one attached hydrogen (secondary N) is 1. The van der Waals surface area contributed by atoms with E-state index in [1.165, 1.54) is 12.3 Å². The normalized spacial score (nSPS) is 10.2. The zero-order valence-corrected chi connectivity index (χ0v) is 10.8. The largest absolute Gasteiger partial charge is 0.352 e. The maximum Gasteiger partial charge on any atom is 0.254 e. The topological polar surface area (TPSA) is 42.0 Å². The Hall–Kier alpha value is -1.94. The second-order valence-corrected chi connectivity index (χ2v) is 4.31. The van der Waals surface area contributed by atoms with E-state index in [1.807, 2.05) is 30.3 Å².